The maximum atomic E-state index is 13.0. The van der Waals surface area contributed by atoms with Crippen molar-refractivity contribution in [2.24, 2.45) is 5.41 Å². The van der Waals surface area contributed by atoms with Crippen molar-refractivity contribution in [1.82, 2.24) is 29.8 Å². The highest BCUT2D eigenvalue weighted by Gasteiger charge is 2.36. The first-order valence-corrected chi connectivity index (χ1v) is 16.2. The van der Waals surface area contributed by atoms with E-state index in [0.717, 1.165) is 32.1 Å². The van der Waals surface area contributed by atoms with Gasteiger partial charge in [0.1, 0.15) is 11.0 Å². The Kier molecular flexibility index (Phi) is 8.77. The monoisotopic (exact) mass is 615 g/mol. The molecule has 1 aliphatic heterocycles. The molecule has 0 spiro atoms. The van der Waals surface area contributed by atoms with Crippen LogP contribution in [0, 0.1) is 5.41 Å². The molecule has 0 radical (unpaired) electrons. The van der Waals surface area contributed by atoms with Crippen LogP contribution >= 0.6 is 11.6 Å². The molecule has 3 aromatic rings. The lowest BCUT2D eigenvalue weighted by atomic mass is 10.0. The van der Waals surface area contributed by atoms with Crippen LogP contribution in [0.4, 0.5) is 5.82 Å². The molecular formula is C29H38ClN7O4S. The molecule has 0 bridgehead atoms. The summed E-state index contributed by atoms with van der Waals surface area (Å²) in [5.74, 6) is 0.322. The summed E-state index contributed by atoms with van der Waals surface area (Å²) in [5.41, 5.74) is 0.478. The van der Waals surface area contributed by atoms with E-state index in [4.69, 9.17) is 16.3 Å². The number of nitrogens with one attached hydrogen (secondary N) is 3. The molecule has 1 aliphatic carbocycles. The molecule has 226 valence electrons. The Labute approximate surface area is 251 Å². The van der Waals surface area contributed by atoms with Crippen LogP contribution < -0.4 is 20.1 Å². The zero-order chi connectivity index (χ0) is 30.0. The van der Waals surface area contributed by atoms with Crippen LogP contribution in [0.15, 0.2) is 47.6 Å². The van der Waals surface area contributed by atoms with Gasteiger partial charge in [0.2, 0.25) is 5.88 Å². The second-order valence-corrected chi connectivity index (χ2v) is 14.1. The minimum absolute atomic E-state index is 0.0942. The van der Waals surface area contributed by atoms with Gasteiger partial charge < -0.3 is 15.4 Å². The number of halogens is 1. The summed E-state index contributed by atoms with van der Waals surface area (Å²) in [7, 11) is -4.26. The van der Waals surface area contributed by atoms with E-state index in [2.05, 4.69) is 46.5 Å². The Balaban J connectivity index is 1.15. The topological polar surface area (TPSA) is 140 Å². The molecule has 4 heterocycles. The van der Waals surface area contributed by atoms with Crippen molar-refractivity contribution >= 4 is 33.3 Å². The van der Waals surface area contributed by atoms with Crippen molar-refractivity contribution in [3.8, 4) is 11.7 Å². The third-order valence-corrected chi connectivity index (χ3v) is 9.43. The van der Waals surface area contributed by atoms with Crippen molar-refractivity contribution in [2.75, 3.05) is 18.5 Å². The second kappa shape index (κ2) is 12.2. The summed E-state index contributed by atoms with van der Waals surface area (Å²) in [4.78, 5) is 21.3. The average molecular weight is 616 g/mol. The Morgan fingerprint density at radius 1 is 1.14 bits per heavy atom. The maximum absolute atomic E-state index is 13.0. The lowest BCUT2D eigenvalue weighted by molar-refractivity contribution is 0.0981. The van der Waals surface area contributed by atoms with Crippen LogP contribution in [0.2, 0.25) is 5.15 Å². The summed E-state index contributed by atoms with van der Waals surface area (Å²) in [6.45, 7) is 7.90. The van der Waals surface area contributed by atoms with Gasteiger partial charge in [-0.25, -0.2) is 19.4 Å². The number of hydrogen-bond donors (Lipinski definition) is 3. The molecule has 2 aliphatic rings. The zero-order valence-corrected chi connectivity index (χ0v) is 25.8. The molecule has 5 rings (SSSR count). The fraction of sp³-hybridized carbons (Fsp3) is 0.517. The minimum Gasteiger partial charge on any atom is -0.477 e. The molecule has 3 N–H and O–H groups in total. The molecule has 0 aromatic carbocycles. The Morgan fingerprint density at radius 3 is 2.67 bits per heavy atom. The van der Waals surface area contributed by atoms with Gasteiger partial charge in [-0.05, 0) is 88.5 Å². The van der Waals surface area contributed by atoms with Gasteiger partial charge in [-0.3, -0.25) is 4.79 Å². The van der Waals surface area contributed by atoms with E-state index in [1.165, 1.54) is 35.7 Å². The highest BCUT2D eigenvalue weighted by molar-refractivity contribution is 7.90. The average Bonchev–Trinajstić information content (AvgIpc) is 3.31. The van der Waals surface area contributed by atoms with E-state index >= 15 is 0 Å². The van der Waals surface area contributed by atoms with Crippen LogP contribution in [-0.4, -0.2) is 58.8 Å². The largest absolute Gasteiger partial charge is 0.477 e. The first kappa shape index (κ1) is 30.2. The molecule has 2 fully saturated rings. The van der Waals surface area contributed by atoms with Crippen molar-refractivity contribution in [3.05, 3.63) is 53.3 Å². The minimum atomic E-state index is -4.26. The zero-order valence-electron chi connectivity index (χ0n) is 24.2. The summed E-state index contributed by atoms with van der Waals surface area (Å²) < 4.78 is 35.2. The standard InChI is InChI=1S/C29H38ClN7O4S/c1-28(2)13-11-20(34-28)6-5-17-31-22-7-4-8-25(32-22)42(39,40)36-27(38)21-9-10-23(33-26(21)30)37-18-12-24(35-37)41-19-16-29(3)14-15-29/h4,7-10,12,18,20,34H,5-6,11,13-17,19H2,1-3H3,(H,31,32)(H,36,38). The molecular weight excluding hydrogens is 578 g/mol. The van der Waals surface area contributed by atoms with Gasteiger partial charge in [-0.1, -0.05) is 24.6 Å². The van der Waals surface area contributed by atoms with Crippen molar-refractivity contribution in [3.63, 3.8) is 0 Å². The van der Waals surface area contributed by atoms with Crippen LogP contribution in [0.25, 0.3) is 5.82 Å². The maximum Gasteiger partial charge on any atom is 0.281 e. The number of anilines is 1. The first-order chi connectivity index (χ1) is 19.9. The summed E-state index contributed by atoms with van der Waals surface area (Å²) in [5, 5.41) is 10.7. The van der Waals surface area contributed by atoms with E-state index in [-0.39, 0.29) is 21.3 Å². The van der Waals surface area contributed by atoms with E-state index in [9.17, 15) is 13.2 Å². The van der Waals surface area contributed by atoms with E-state index < -0.39 is 15.9 Å². The molecule has 1 amide bonds. The third kappa shape index (κ3) is 7.78. The number of aromatic nitrogens is 4. The molecule has 13 heteroatoms. The number of nitrogens with zero attached hydrogens (tertiary/aromatic N) is 4. The predicted molar refractivity (Wildman–Crippen MR) is 161 cm³/mol. The quantitative estimate of drug-likeness (QED) is 0.184. The SMILES string of the molecule is CC1(CCOc2ccn(-c3ccc(C(=O)NS(=O)(=O)c4cccc(NCCCC5CCC(C)(C)N5)n4)c(Cl)n3)n2)CC1. The molecule has 11 nitrogen and oxygen atoms in total. The molecule has 42 heavy (non-hydrogen) atoms. The van der Waals surface area contributed by atoms with E-state index in [1.807, 2.05) is 4.72 Å². The van der Waals surface area contributed by atoms with Gasteiger partial charge in [-0.15, -0.1) is 5.10 Å². The number of hydrogen-bond acceptors (Lipinski definition) is 9. The van der Waals surface area contributed by atoms with Crippen LogP contribution in [0.3, 0.4) is 0 Å². The fourth-order valence-corrected chi connectivity index (χ4v) is 6.17. The molecule has 1 atom stereocenters. The normalized spacial score (nSPS) is 18.9. The second-order valence-electron chi connectivity index (χ2n) is 12.1. The molecule has 1 saturated heterocycles. The fourth-order valence-electron chi connectivity index (χ4n) is 5.00. The number of carbonyl (C=O) groups is 1. The lowest BCUT2D eigenvalue weighted by Gasteiger charge is -2.20. The van der Waals surface area contributed by atoms with Crippen molar-refractivity contribution < 1.29 is 17.9 Å². The third-order valence-electron chi connectivity index (χ3n) is 7.91. The Bertz CT molecular complexity index is 1540. The highest BCUT2D eigenvalue weighted by atomic mass is 35.5. The predicted octanol–water partition coefficient (Wildman–Crippen LogP) is 4.73. The number of sulfonamides is 1. The number of rotatable bonds is 13. The van der Waals surface area contributed by atoms with Gasteiger partial charge in [0.05, 0.1) is 12.2 Å². The Hall–Kier alpha value is -3.22. The van der Waals surface area contributed by atoms with Gasteiger partial charge in [0.25, 0.3) is 15.9 Å². The summed E-state index contributed by atoms with van der Waals surface area (Å²) >= 11 is 6.29. The molecule has 1 saturated carbocycles. The van der Waals surface area contributed by atoms with Crippen LogP contribution in [0.1, 0.15) is 76.1 Å². The highest BCUT2D eigenvalue weighted by Crippen LogP contribution is 2.47. The Morgan fingerprint density at radius 2 is 1.95 bits per heavy atom. The van der Waals surface area contributed by atoms with Crippen LogP contribution in [0.5, 0.6) is 5.88 Å². The number of amides is 1. The van der Waals surface area contributed by atoms with Gasteiger partial charge in [0.15, 0.2) is 10.8 Å². The smallest absolute Gasteiger partial charge is 0.281 e. The van der Waals surface area contributed by atoms with E-state index in [0.29, 0.717) is 42.1 Å². The molecule has 1 unspecified atom stereocenters. The molecule has 3 aromatic heterocycles. The summed E-state index contributed by atoms with van der Waals surface area (Å²) in [6, 6.07) is 9.74. The number of carbonyl (C=O) groups excluding carboxylic acids is 1. The van der Waals surface area contributed by atoms with Crippen molar-refractivity contribution in [1.29, 1.82) is 0 Å². The van der Waals surface area contributed by atoms with Gasteiger partial charge >= 0.3 is 0 Å². The lowest BCUT2D eigenvalue weighted by Crippen LogP contribution is -2.37. The van der Waals surface area contributed by atoms with Gasteiger partial charge in [0, 0.05) is 30.4 Å². The number of pyridine rings is 2. The summed E-state index contributed by atoms with van der Waals surface area (Å²) in [6.07, 6.45) is 9.35. The first-order valence-electron chi connectivity index (χ1n) is 14.3. The number of ether oxygens (including phenoxy) is 1. The van der Waals surface area contributed by atoms with Crippen LogP contribution in [-0.2, 0) is 10.0 Å². The van der Waals surface area contributed by atoms with E-state index in [1.54, 1.807) is 24.4 Å². The van der Waals surface area contributed by atoms with Gasteiger partial charge in [-0.2, -0.15) is 8.42 Å². The van der Waals surface area contributed by atoms with Crippen molar-refractivity contribution in [2.45, 2.75) is 82.3 Å².